The van der Waals surface area contributed by atoms with E-state index in [0.29, 0.717) is 51.1 Å². The summed E-state index contributed by atoms with van der Waals surface area (Å²) in [4.78, 5) is 38.4. The number of allylic oxidation sites excluding steroid dienone is 3. The Bertz CT molecular complexity index is 2230. The van der Waals surface area contributed by atoms with E-state index < -0.39 is 72.7 Å². The van der Waals surface area contributed by atoms with E-state index in [2.05, 4.69) is 20.2 Å². The number of carbonyl (C=O) groups is 2. The molecule has 1 saturated heterocycles. The van der Waals surface area contributed by atoms with Gasteiger partial charge in [-0.2, -0.15) is 0 Å². The van der Waals surface area contributed by atoms with Gasteiger partial charge in [0, 0.05) is 36.2 Å². The van der Waals surface area contributed by atoms with Gasteiger partial charge in [0.25, 0.3) is 0 Å². The first kappa shape index (κ1) is 50.8. The fourth-order valence-electron chi connectivity index (χ4n) is 9.38. The number of pyridine rings is 1. The van der Waals surface area contributed by atoms with Gasteiger partial charge in [0.2, 0.25) is 0 Å². The van der Waals surface area contributed by atoms with E-state index in [1.165, 1.54) is 0 Å². The van der Waals surface area contributed by atoms with Gasteiger partial charge < -0.3 is 43.7 Å². The molecule has 6 rings (SSSR count). The second-order valence-electron chi connectivity index (χ2n) is 18.9. The summed E-state index contributed by atoms with van der Waals surface area (Å²) in [5, 5.41) is 44.9. The van der Waals surface area contributed by atoms with Crippen LogP contribution in [0.1, 0.15) is 71.8 Å². The van der Waals surface area contributed by atoms with Crippen LogP contribution in [0.15, 0.2) is 89.3 Å². The predicted octanol–water partition coefficient (Wildman–Crippen LogP) is 5.20. The molecule has 66 heavy (non-hydrogen) atoms. The molecule has 360 valence electrons. The predicted molar refractivity (Wildman–Crippen MR) is 250 cm³/mol. The Morgan fingerprint density at radius 1 is 0.970 bits per heavy atom. The number of aliphatic hydroxyl groups excluding tert-OH is 3. The van der Waals surface area contributed by atoms with E-state index in [-0.39, 0.29) is 18.1 Å². The van der Waals surface area contributed by atoms with Gasteiger partial charge in [-0.3, -0.25) is 19.5 Å². The number of ether oxygens (including phenoxy) is 3. The summed E-state index contributed by atoms with van der Waals surface area (Å²) in [7, 11) is 7.46. The molecular weight excluding hydrogens is 843 g/mol. The van der Waals surface area contributed by atoms with Crippen LogP contribution in [0.3, 0.4) is 0 Å². The SMILES string of the molecule is CC[C@H]1OC(=O)C[C@@H](O)[C@H](C)[C@@H](O[C@@H]2O[C@H](C)[C@@H](O)[C@H](N(C)C)[C@H]2O)[C@@H](CCN(Cc2cn(-c3cnc4ccccc4c3)nn2)Cc2ccco2)C[C@@H](C)C(=O)/C=C/C(C)=C/[C@@H]1CN(C)C. The van der Waals surface area contributed by atoms with Gasteiger partial charge in [0.1, 0.15) is 18.0 Å². The number of esters is 1. The monoisotopic (exact) mass is 914 g/mol. The molecule has 2 aliphatic heterocycles. The molecule has 0 saturated carbocycles. The maximum absolute atomic E-state index is 14.1. The minimum absolute atomic E-state index is 0.0694. The minimum atomic E-state index is -1.27. The molecule has 0 spiro atoms. The van der Waals surface area contributed by atoms with Gasteiger partial charge in [0.05, 0.1) is 79.0 Å². The van der Waals surface area contributed by atoms with Crippen molar-refractivity contribution in [1.82, 2.24) is 34.7 Å². The fourth-order valence-corrected chi connectivity index (χ4v) is 9.38. The van der Waals surface area contributed by atoms with Crippen LogP contribution in [0.5, 0.6) is 0 Å². The zero-order valence-electron chi connectivity index (χ0n) is 40.0. The Balaban J connectivity index is 1.35. The van der Waals surface area contributed by atoms with E-state index in [9.17, 15) is 24.9 Å². The second-order valence-corrected chi connectivity index (χ2v) is 18.9. The number of para-hydroxylation sites is 1. The molecule has 5 heterocycles. The second kappa shape index (κ2) is 23.4. The number of aromatic nitrogens is 4. The number of rotatable bonds is 14. The number of furan rings is 1. The standard InChI is InChI=1S/C50H71N7O9/c1-10-44-37(27-54(6)7)22-31(2)17-18-42(58)32(3)23-36(49(33(4)43(59)25-45(60)65-44)66-50-48(62)46(55(8)9)47(61)34(5)64-50)19-20-56(30-40-15-13-21-63-40)28-38-29-57(53-52-38)39-24-35-14-11-12-16-41(35)51-26-39/h11-18,21-22,24,26,29,32-34,36-37,43-44,46-50,59,61-62H,10,19-20,23,25,27-28,30H2,1-9H3/b18-17+,31-22+/t32-,33+,34-,36+,37-,43-,44-,46+,47-,48-,49-,50+/m1/s1. The Morgan fingerprint density at radius 2 is 1.74 bits per heavy atom. The minimum Gasteiger partial charge on any atom is -0.468 e. The Labute approximate surface area is 389 Å². The molecule has 1 aromatic carbocycles. The third-order valence-corrected chi connectivity index (χ3v) is 13.1. The number of cyclic esters (lactones) is 1. The third-order valence-electron chi connectivity index (χ3n) is 13.1. The highest BCUT2D eigenvalue weighted by molar-refractivity contribution is 5.91. The van der Waals surface area contributed by atoms with Gasteiger partial charge in [-0.25, -0.2) is 4.68 Å². The number of hydrogen-bond acceptors (Lipinski definition) is 15. The summed E-state index contributed by atoms with van der Waals surface area (Å²) in [5.41, 5.74) is 3.23. The molecule has 1 fully saturated rings. The quantitative estimate of drug-likeness (QED) is 0.140. The van der Waals surface area contributed by atoms with Crippen molar-refractivity contribution in [1.29, 1.82) is 0 Å². The zero-order valence-corrected chi connectivity index (χ0v) is 40.0. The van der Waals surface area contributed by atoms with Crippen LogP contribution in [-0.4, -0.2) is 152 Å². The largest absolute Gasteiger partial charge is 0.468 e. The fraction of sp³-hybridized carbons (Fsp3) is 0.580. The number of fused-ring (bicyclic) bond motifs is 1. The molecule has 0 radical (unpaired) electrons. The highest BCUT2D eigenvalue weighted by atomic mass is 16.7. The van der Waals surface area contributed by atoms with Crippen LogP contribution in [0.4, 0.5) is 0 Å². The molecule has 0 bridgehead atoms. The van der Waals surface area contributed by atoms with Crippen LogP contribution < -0.4 is 0 Å². The summed E-state index contributed by atoms with van der Waals surface area (Å²) >= 11 is 0. The first-order valence-electron chi connectivity index (χ1n) is 23.3. The zero-order chi connectivity index (χ0) is 47.7. The molecule has 12 atom stereocenters. The lowest BCUT2D eigenvalue weighted by molar-refractivity contribution is -0.304. The number of hydrogen-bond donors (Lipinski definition) is 3. The van der Waals surface area contributed by atoms with E-state index in [4.69, 9.17) is 18.6 Å². The molecule has 3 aromatic heterocycles. The van der Waals surface area contributed by atoms with E-state index >= 15 is 0 Å². The summed E-state index contributed by atoms with van der Waals surface area (Å²) in [6.45, 7) is 11.2. The Hall–Kier alpha value is -4.65. The summed E-state index contributed by atoms with van der Waals surface area (Å²) in [6, 6.07) is 12.9. The maximum Gasteiger partial charge on any atom is 0.308 e. The number of ketones is 1. The summed E-state index contributed by atoms with van der Waals surface area (Å²) in [5.74, 6) is -1.64. The summed E-state index contributed by atoms with van der Waals surface area (Å²) < 4.78 is 26.7. The van der Waals surface area contributed by atoms with Crippen LogP contribution in [0.25, 0.3) is 16.6 Å². The van der Waals surface area contributed by atoms with Crippen molar-refractivity contribution in [2.75, 3.05) is 41.3 Å². The van der Waals surface area contributed by atoms with E-state index in [1.807, 2.05) is 108 Å². The molecule has 0 aliphatic carbocycles. The van der Waals surface area contributed by atoms with Gasteiger partial charge in [-0.15, -0.1) is 5.10 Å². The van der Waals surface area contributed by atoms with Crippen molar-refractivity contribution in [3.05, 3.63) is 96.4 Å². The highest BCUT2D eigenvalue weighted by Gasteiger charge is 2.47. The highest BCUT2D eigenvalue weighted by Crippen LogP contribution is 2.35. The van der Waals surface area contributed by atoms with Gasteiger partial charge in [-0.1, -0.05) is 61.9 Å². The first-order valence-corrected chi connectivity index (χ1v) is 23.3. The molecule has 0 unspecified atom stereocenters. The number of nitrogens with zero attached hydrogens (tertiary/aromatic N) is 7. The number of aliphatic hydroxyl groups is 3. The van der Waals surface area contributed by atoms with Crippen LogP contribution in [0.2, 0.25) is 0 Å². The molecule has 0 amide bonds. The van der Waals surface area contributed by atoms with Crippen molar-refractivity contribution < 1.29 is 43.5 Å². The molecule has 16 nitrogen and oxygen atoms in total. The number of benzene rings is 1. The van der Waals surface area contributed by atoms with Gasteiger partial charge in [-0.05, 0) is 104 Å². The Kier molecular flexibility index (Phi) is 18.0. The maximum atomic E-state index is 14.1. The molecule has 3 N–H and O–H groups in total. The lowest BCUT2D eigenvalue weighted by Gasteiger charge is -2.46. The molecule has 4 aromatic rings. The van der Waals surface area contributed by atoms with E-state index in [0.717, 1.165) is 27.9 Å². The molecular formula is C50H71N7O9. The topological polar surface area (TPSA) is 189 Å². The Morgan fingerprint density at radius 3 is 2.45 bits per heavy atom. The average molecular weight is 914 g/mol. The molecule has 16 heteroatoms. The van der Waals surface area contributed by atoms with Crippen molar-refractivity contribution in [3.63, 3.8) is 0 Å². The number of likely N-dealkylation sites (N-methyl/N-ethyl adjacent to an activating group) is 1. The van der Waals surface area contributed by atoms with Crippen LogP contribution in [-0.2, 0) is 36.9 Å². The van der Waals surface area contributed by atoms with Crippen molar-refractivity contribution in [3.8, 4) is 5.69 Å². The lowest BCUT2D eigenvalue weighted by Crippen LogP contribution is -2.63. The van der Waals surface area contributed by atoms with E-state index in [1.54, 1.807) is 49.1 Å². The van der Waals surface area contributed by atoms with Crippen molar-refractivity contribution in [2.45, 2.75) is 122 Å². The smallest absolute Gasteiger partial charge is 0.308 e. The number of carbonyl (C=O) groups excluding carboxylic acids is 2. The summed E-state index contributed by atoms with van der Waals surface area (Å²) in [6.07, 6.45) is 5.10. The van der Waals surface area contributed by atoms with Crippen molar-refractivity contribution in [2.24, 2.45) is 23.7 Å². The van der Waals surface area contributed by atoms with Crippen LogP contribution in [0, 0.1) is 23.7 Å². The third kappa shape index (κ3) is 13.3. The molecule has 2 aliphatic rings. The van der Waals surface area contributed by atoms with Crippen LogP contribution >= 0.6 is 0 Å². The van der Waals surface area contributed by atoms with Crippen molar-refractivity contribution >= 4 is 22.7 Å². The average Bonchev–Trinajstić information content (AvgIpc) is 3.98. The lowest BCUT2D eigenvalue weighted by atomic mass is 9.79. The first-order chi connectivity index (χ1) is 31.5. The van der Waals surface area contributed by atoms with Gasteiger partial charge >= 0.3 is 5.97 Å². The normalized spacial score (nSPS) is 31.0. The van der Waals surface area contributed by atoms with Gasteiger partial charge in [0.15, 0.2) is 12.1 Å².